The average Bonchev–Trinajstić information content (AvgIpc) is 2.69. The topological polar surface area (TPSA) is 75.4 Å². The molecule has 0 bridgehead atoms. The number of hydrogen-bond acceptors (Lipinski definition) is 3. The minimum absolute atomic E-state index is 0. The van der Waals surface area contributed by atoms with Gasteiger partial charge in [0, 0.05) is 25.2 Å². The number of alkyl halides is 3. The molecule has 2 aromatic rings. The lowest BCUT2D eigenvalue weighted by molar-refractivity contribution is -0.137. The smallest absolute Gasteiger partial charge is 0.343 e. The van der Waals surface area contributed by atoms with Gasteiger partial charge in [-0.25, -0.2) is 0 Å². The fourth-order valence-electron chi connectivity index (χ4n) is 2.61. The molecule has 0 unspecified atom stereocenters. The first-order valence-corrected chi connectivity index (χ1v) is 8.78. The van der Waals surface area contributed by atoms with Gasteiger partial charge in [0.1, 0.15) is 0 Å². The van der Waals surface area contributed by atoms with E-state index in [-0.39, 0.29) is 37.0 Å². The van der Waals surface area contributed by atoms with E-state index in [4.69, 9.17) is 5.73 Å². The number of nitrogens with zero attached hydrogens (tertiary/aromatic N) is 1. The van der Waals surface area contributed by atoms with Gasteiger partial charge in [-0.05, 0) is 36.2 Å². The maximum atomic E-state index is 12.6. The molecule has 2 aromatic carbocycles. The van der Waals surface area contributed by atoms with Crippen molar-refractivity contribution < 1.29 is 22.8 Å². The van der Waals surface area contributed by atoms with Crippen LogP contribution in [-0.4, -0.2) is 42.9 Å². The minimum atomic E-state index is -4.47. The summed E-state index contributed by atoms with van der Waals surface area (Å²) in [7, 11) is 0. The Morgan fingerprint density at radius 2 is 1.59 bits per heavy atom. The SMILES string of the molecule is Cl.NCCN(CCc1ccccc1)C(=O)CNC(=O)c1ccc(C(F)(F)F)cc1. The Morgan fingerprint density at radius 1 is 0.966 bits per heavy atom. The summed E-state index contributed by atoms with van der Waals surface area (Å²) in [5.41, 5.74) is 5.85. The van der Waals surface area contributed by atoms with E-state index >= 15 is 0 Å². The molecule has 0 aromatic heterocycles. The molecule has 0 atom stereocenters. The summed E-state index contributed by atoms with van der Waals surface area (Å²) >= 11 is 0. The molecule has 0 saturated carbocycles. The molecule has 29 heavy (non-hydrogen) atoms. The molecule has 0 aliphatic rings. The number of nitrogens with two attached hydrogens (primary N) is 1. The predicted molar refractivity (Wildman–Crippen MR) is 107 cm³/mol. The maximum Gasteiger partial charge on any atom is 0.416 e. The van der Waals surface area contributed by atoms with Crippen LogP contribution in [-0.2, 0) is 17.4 Å². The number of benzene rings is 2. The van der Waals surface area contributed by atoms with E-state index < -0.39 is 17.6 Å². The molecular formula is C20H23ClF3N3O2. The number of amides is 2. The average molecular weight is 430 g/mol. The van der Waals surface area contributed by atoms with Crippen molar-refractivity contribution in [1.29, 1.82) is 0 Å². The molecule has 0 aliphatic carbocycles. The number of carbonyl (C=O) groups excluding carboxylic acids is 2. The van der Waals surface area contributed by atoms with Gasteiger partial charge in [0.05, 0.1) is 12.1 Å². The highest BCUT2D eigenvalue weighted by Crippen LogP contribution is 2.29. The molecule has 0 saturated heterocycles. The third-order valence-corrected chi connectivity index (χ3v) is 4.14. The highest BCUT2D eigenvalue weighted by Gasteiger charge is 2.30. The van der Waals surface area contributed by atoms with Crippen LogP contribution in [0.3, 0.4) is 0 Å². The molecule has 0 spiro atoms. The Labute approximate surface area is 173 Å². The van der Waals surface area contributed by atoms with E-state index in [1.165, 1.54) is 0 Å². The molecule has 0 fully saturated rings. The zero-order valence-corrected chi connectivity index (χ0v) is 16.4. The molecule has 2 rings (SSSR count). The summed E-state index contributed by atoms with van der Waals surface area (Å²) in [6, 6.07) is 13.5. The summed E-state index contributed by atoms with van der Waals surface area (Å²) in [4.78, 5) is 26.0. The van der Waals surface area contributed by atoms with Crippen molar-refractivity contribution in [2.75, 3.05) is 26.2 Å². The fourth-order valence-corrected chi connectivity index (χ4v) is 2.61. The van der Waals surface area contributed by atoms with Crippen LogP contribution in [0.2, 0.25) is 0 Å². The van der Waals surface area contributed by atoms with E-state index in [1.807, 2.05) is 30.3 Å². The summed E-state index contributed by atoms with van der Waals surface area (Å²) in [6.45, 7) is 0.833. The minimum Gasteiger partial charge on any atom is -0.343 e. The molecule has 9 heteroatoms. The van der Waals surface area contributed by atoms with Crippen LogP contribution in [0.1, 0.15) is 21.5 Å². The van der Waals surface area contributed by atoms with Gasteiger partial charge in [0.25, 0.3) is 5.91 Å². The number of rotatable bonds is 8. The summed E-state index contributed by atoms with van der Waals surface area (Å²) in [6.07, 6.45) is -3.81. The Hall–Kier alpha value is -2.58. The Balaban J connectivity index is 0.00000420. The lowest BCUT2D eigenvalue weighted by Gasteiger charge is -2.22. The van der Waals surface area contributed by atoms with Gasteiger partial charge in [0.15, 0.2) is 0 Å². The molecule has 0 heterocycles. The predicted octanol–water partition coefficient (Wildman–Crippen LogP) is 2.89. The van der Waals surface area contributed by atoms with Crippen molar-refractivity contribution in [2.45, 2.75) is 12.6 Å². The zero-order valence-electron chi connectivity index (χ0n) is 15.6. The van der Waals surface area contributed by atoms with Gasteiger partial charge < -0.3 is 16.0 Å². The number of nitrogens with one attached hydrogen (secondary N) is 1. The van der Waals surface area contributed by atoms with Crippen LogP contribution in [0.5, 0.6) is 0 Å². The van der Waals surface area contributed by atoms with E-state index in [2.05, 4.69) is 5.32 Å². The molecule has 3 N–H and O–H groups in total. The molecule has 158 valence electrons. The number of halogens is 4. The second kappa shape index (κ2) is 11.4. The van der Waals surface area contributed by atoms with Crippen LogP contribution in [0.15, 0.2) is 54.6 Å². The summed E-state index contributed by atoms with van der Waals surface area (Å²) in [5, 5.41) is 2.44. The van der Waals surface area contributed by atoms with E-state index in [9.17, 15) is 22.8 Å². The largest absolute Gasteiger partial charge is 0.416 e. The molecule has 0 aliphatic heterocycles. The van der Waals surface area contributed by atoms with Crippen LogP contribution in [0.25, 0.3) is 0 Å². The zero-order chi connectivity index (χ0) is 20.6. The second-order valence-corrected chi connectivity index (χ2v) is 6.16. The molecular weight excluding hydrogens is 407 g/mol. The van der Waals surface area contributed by atoms with Gasteiger partial charge in [-0.2, -0.15) is 13.2 Å². The lowest BCUT2D eigenvalue weighted by atomic mass is 10.1. The third-order valence-electron chi connectivity index (χ3n) is 4.14. The van der Waals surface area contributed by atoms with Gasteiger partial charge in [-0.1, -0.05) is 30.3 Å². The third kappa shape index (κ3) is 7.75. The standard InChI is InChI=1S/C20H22F3N3O2.ClH/c21-20(22,23)17-8-6-16(7-9-17)19(28)25-14-18(27)26(13-11-24)12-10-15-4-2-1-3-5-15;/h1-9H,10-14,24H2,(H,25,28);1H. The van der Waals surface area contributed by atoms with Gasteiger partial charge in [-0.3, -0.25) is 9.59 Å². The second-order valence-electron chi connectivity index (χ2n) is 6.16. The van der Waals surface area contributed by atoms with Crippen molar-refractivity contribution >= 4 is 24.2 Å². The monoisotopic (exact) mass is 429 g/mol. The fraction of sp³-hybridized carbons (Fsp3) is 0.300. The van der Waals surface area contributed by atoms with Crippen molar-refractivity contribution in [3.63, 3.8) is 0 Å². The highest BCUT2D eigenvalue weighted by molar-refractivity contribution is 5.96. The first kappa shape index (κ1) is 24.5. The van der Waals surface area contributed by atoms with E-state index in [0.717, 1.165) is 29.8 Å². The van der Waals surface area contributed by atoms with Crippen molar-refractivity contribution in [2.24, 2.45) is 5.73 Å². The normalized spacial score (nSPS) is 10.8. The summed E-state index contributed by atoms with van der Waals surface area (Å²) in [5.74, 6) is -0.917. The summed E-state index contributed by atoms with van der Waals surface area (Å²) < 4.78 is 37.7. The molecule has 5 nitrogen and oxygen atoms in total. The van der Waals surface area contributed by atoms with Crippen molar-refractivity contribution in [1.82, 2.24) is 10.2 Å². The maximum absolute atomic E-state index is 12.6. The van der Waals surface area contributed by atoms with Gasteiger partial charge in [-0.15, -0.1) is 12.4 Å². The van der Waals surface area contributed by atoms with Crippen LogP contribution >= 0.6 is 12.4 Å². The van der Waals surface area contributed by atoms with Crippen molar-refractivity contribution in [3.8, 4) is 0 Å². The van der Waals surface area contributed by atoms with Gasteiger partial charge in [0.2, 0.25) is 5.91 Å². The Bertz CT molecular complexity index is 784. The van der Waals surface area contributed by atoms with Crippen LogP contribution in [0.4, 0.5) is 13.2 Å². The van der Waals surface area contributed by atoms with E-state index in [1.54, 1.807) is 4.90 Å². The molecule has 2 amide bonds. The Morgan fingerprint density at radius 3 is 2.14 bits per heavy atom. The number of hydrogen-bond donors (Lipinski definition) is 2. The molecule has 0 radical (unpaired) electrons. The van der Waals surface area contributed by atoms with Crippen LogP contribution < -0.4 is 11.1 Å². The quantitative estimate of drug-likeness (QED) is 0.677. The van der Waals surface area contributed by atoms with Gasteiger partial charge >= 0.3 is 6.18 Å². The first-order valence-electron chi connectivity index (χ1n) is 8.78. The lowest BCUT2D eigenvalue weighted by Crippen LogP contribution is -2.43. The first-order chi connectivity index (χ1) is 13.3. The highest BCUT2D eigenvalue weighted by atomic mass is 35.5. The number of carbonyl (C=O) groups is 2. The van der Waals surface area contributed by atoms with Crippen LogP contribution in [0, 0.1) is 0 Å². The Kier molecular flexibility index (Phi) is 9.64. The van der Waals surface area contributed by atoms with Crippen molar-refractivity contribution in [3.05, 3.63) is 71.3 Å². The van der Waals surface area contributed by atoms with E-state index in [0.29, 0.717) is 19.5 Å².